The maximum atomic E-state index is 12.9. The molecule has 7 heteroatoms. The molecule has 1 fully saturated rings. The highest BCUT2D eigenvalue weighted by Gasteiger charge is 2.23. The van der Waals surface area contributed by atoms with Gasteiger partial charge in [0.25, 0.3) is 0 Å². The zero-order valence-corrected chi connectivity index (χ0v) is 20.4. The summed E-state index contributed by atoms with van der Waals surface area (Å²) in [6.45, 7) is 6.46. The van der Waals surface area contributed by atoms with Crippen molar-refractivity contribution < 1.29 is 9.59 Å². The van der Waals surface area contributed by atoms with Crippen molar-refractivity contribution in [2.45, 2.75) is 19.5 Å². The largest absolute Gasteiger partial charge is 0.351 e. The van der Waals surface area contributed by atoms with Crippen molar-refractivity contribution >= 4 is 23.2 Å². The normalized spacial score (nSPS) is 15.6. The number of hydrogen-bond donors (Lipinski definition) is 2. The van der Waals surface area contributed by atoms with Crippen LogP contribution in [0, 0.1) is 6.92 Å². The summed E-state index contributed by atoms with van der Waals surface area (Å²) in [5, 5.41) is 8.26. The van der Waals surface area contributed by atoms with Gasteiger partial charge in [-0.3, -0.25) is 19.4 Å². The Morgan fingerprint density at radius 2 is 1.50 bits per heavy atom. The highest BCUT2D eigenvalue weighted by molar-refractivity contribution is 7.10. The number of nitrogens with zero attached hydrogens (tertiary/aromatic N) is 2. The average molecular weight is 477 g/mol. The lowest BCUT2D eigenvalue weighted by atomic mass is 10.0. The third kappa shape index (κ3) is 7.00. The molecule has 0 bridgehead atoms. The van der Waals surface area contributed by atoms with Crippen LogP contribution in [0.5, 0.6) is 0 Å². The number of thiophene rings is 1. The SMILES string of the molecule is Cc1ccc(C(NC(=O)CN2CCN(CC(=O)NCc3ccccc3)CC2)c2cccs2)cc1. The van der Waals surface area contributed by atoms with E-state index in [4.69, 9.17) is 0 Å². The van der Waals surface area contributed by atoms with E-state index >= 15 is 0 Å². The molecule has 2 amide bonds. The Kier molecular flexibility index (Phi) is 8.46. The number of amides is 2. The number of hydrogen-bond acceptors (Lipinski definition) is 5. The summed E-state index contributed by atoms with van der Waals surface area (Å²) in [4.78, 5) is 30.7. The van der Waals surface area contributed by atoms with Gasteiger partial charge in [0.1, 0.15) is 0 Å². The summed E-state index contributed by atoms with van der Waals surface area (Å²) >= 11 is 1.65. The van der Waals surface area contributed by atoms with Gasteiger partial charge < -0.3 is 10.6 Å². The number of carbonyl (C=O) groups excluding carboxylic acids is 2. The van der Waals surface area contributed by atoms with Crippen LogP contribution in [0.1, 0.15) is 27.6 Å². The molecule has 2 aromatic carbocycles. The second-order valence-electron chi connectivity index (χ2n) is 8.74. The summed E-state index contributed by atoms with van der Waals surface area (Å²) in [5.41, 5.74) is 3.39. The number of piperazine rings is 1. The maximum absolute atomic E-state index is 12.9. The first kappa shape index (κ1) is 24.1. The van der Waals surface area contributed by atoms with Crippen LogP contribution in [-0.2, 0) is 16.1 Å². The standard InChI is InChI=1S/C27H32N4O2S/c1-21-9-11-23(12-10-21)27(24-8-5-17-34-24)29-26(33)20-31-15-13-30(14-16-31)19-25(32)28-18-22-6-3-2-4-7-22/h2-12,17,27H,13-16,18-20H2,1H3,(H,28,32)(H,29,33). The van der Waals surface area contributed by atoms with Gasteiger partial charge in [-0.1, -0.05) is 66.2 Å². The van der Waals surface area contributed by atoms with Gasteiger partial charge in [0, 0.05) is 37.6 Å². The van der Waals surface area contributed by atoms with E-state index in [0.717, 1.165) is 42.2 Å². The van der Waals surface area contributed by atoms with E-state index in [9.17, 15) is 9.59 Å². The van der Waals surface area contributed by atoms with Gasteiger partial charge in [-0.15, -0.1) is 11.3 Å². The molecule has 0 saturated carbocycles. The van der Waals surface area contributed by atoms with E-state index < -0.39 is 0 Å². The molecule has 0 spiro atoms. The monoisotopic (exact) mass is 476 g/mol. The first-order chi connectivity index (χ1) is 16.6. The van der Waals surface area contributed by atoms with Gasteiger partial charge in [0.2, 0.25) is 11.8 Å². The number of aryl methyl sites for hydroxylation is 1. The number of nitrogens with one attached hydrogen (secondary N) is 2. The summed E-state index contributed by atoms with van der Waals surface area (Å²) in [7, 11) is 0. The van der Waals surface area contributed by atoms with E-state index in [2.05, 4.69) is 57.7 Å². The van der Waals surface area contributed by atoms with Crippen molar-refractivity contribution in [3.8, 4) is 0 Å². The van der Waals surface area contributed by atoms with Gasteiger partial charge in [-0.2, -0.15) is 0 Å². The molecule has 2 N–H and O–H groups in total. The lowest BCUT2D eigenvalue weighted by Crippen LogP contribution is -2.51. The van der Waals surface area contributed by atoms with Gasteiger partial charge in [0.15, 0.2) is 0 Å². The Morgan fingerprint density at radius 1 is 0.853 bits per heavy atom. The number of benzene rings is 2. The van der Waals surface area contributed by atoms with E-state index in [1.165, 1.54) is 5.56 Å². The van der Waals surface area contributed by atoms with Crippen LogP contribution in [0.15, 0.2) is 72.1 Å². The Hall–Kier alpha value is -3.00. The molecule has 0 radical (unpaired) electrons. The van der Waals surface area contributed by atoms with Gasteiger partial charge in [-0.25, -0.2) is 0 Å². The zero-order chi connectivity index (χ0) is 23.8. The molecule has 178 valence electrons. The molecule has 1 atom stereocenters. The topological polar surface area (TPSA) is 64.7 Å². The Bertz CT molecular complexity index is 1050. The van der Waals surface area contributed by atoms with Crippen molar-refractivity contribution in [3.05, 3.63) is 93.7 Å². The summed E-state index contributed by atoms with van der Waals surface area (Å²) in [6.07, 6.45) is 0. The molecular weight excluding hydrogens is 444 g/mol. The summed E-state index contributed by atoms with van der Waals surface area (Å²) in [6, 6.07) is 22.2. The van der Waals surface area contributed by atoms with Crippen LogP contribution < -0.4 is 10.6 Å². The lowest BCUT2D eigenvalue weighted by Gasteiger charge is -2.34. The first-order valence-corrected chi connectivity index (χ1v) is 12.6. The van der Waals surface area contributed by atoms with Crippen LogP contribution in [0.2, 0.25) is 0 Å². The van der Waals surface area contributed by atoms with Crippen LogP contribution in [0.4, 0.5) is 0 Å². The fraction of sp³-hybridized carbons (Fsp3) is 0.333. The predicted molar refractivity (Wildman–Crippen MR) is 137 cm³/mol. The highest BCUT2D eigenvalue weighted by atomic mass is 32.1. The van der Waals surface area contributed by atoms with Crippen molar-refractivity contribution in [1.82, 2.24) is 20.4 Å². The fourth-order valence-corrected chi connectivity index (χ4v) is 4.91. The van der Waals surface area contributed by atoms with Crippen molar-refractivity contribution in [3.63, 3.8) is 0 Å². The molecule has 1 aromatic heterocycles. The minimum atomic E-state index is -0.136. The number of carbonyl (C=O) groups is 2. The van der Waals surface area contributed by atoms with Crippen LogP contribution in [0.25, 0.3) is 0 Å². The molecule has 4 rings (SSSR count). The molecule has 1 saturated heterocycles. The van der Waals surface area contributed by atoms with Crippen LogP contribution >= 0.6 is 11.3 Å². The zero-order valence-electron chi connectivity index (χ0n) is 19.6. The predicted octanol–water partition coefficient (Wildman–Crippen LogP) is 3.20. The molecule has 1 unspecified atom stereocenters. The van der Waals surface area contributed by atoms with Crippen molar-refractivity contribution in [2.75, 3.05) is 39.3 Å². The van der Waals surface area contributed by atoms with Crippen LogP contribution in [-0.4, -0.2) is 60.9 Å². The second kappa shape index (κ2) is 11.9. The van der Waals surface area contributed by atoms with Gasteiger partial charge in [0.05, 0.1) is 19.1 Å². The van der Waals surface area contributed by atoms with E-state index in [1.807, 2.05) is 41.8 Å². The third-order valence-corrected chi connectivity index (χ3v) is 7.01. The molecule has 1 aliphatic rings. The Balaban J connectivity index is 1.22. The minimum Gasteiger partial charge on any atom is -0.351 e. The van der Waals surface area contributed by atoms with Gasteiger partial charge in [-0.05, 0) is 29.5 Å². The quantitative estimate of drug-likeness (QED) is 0.498. The van der Waals surface area contributed by atoms with Crippen molar-refractivity contribution in [1.29, 1.82) is 0 Å². The molecule has 3 aromatic rings. The molecule has 34 heavy (non-hydrogen) atoms. The van der Waals surface area contributed by atoms with Crippen LogP contribution in [0.3, 0.4) is 0 Å². The molecule has 2 heterocycles. The highest BCUT2D eigenvalue weighted by Crippen LogP contribution is 2.26. The molecule has 1 aliphatic heterocycles. The molecule has 6 nitrogen and oxygen atoms in total. The lowest BCUT2D eigenvalue weighted by molar-refractivity contribution is -0.125. The summed E-state index contributed by atoms with van der Waals surface area (Å²) < 4.78 is 0. The van der Waals surface area contributed by atoms with E-state index in [1.54, 1.807) is 11.3 Å². The van der Waals surface area contributed by atoms with Crippen molar-refractivity contribution in [2.24, 2.45) is 0 Å². The van der Waals surface area contributed by atoms with Gasteiger partial charge >= 0.3 is 0 Å². The average Bonchev–Trinajstić information content (AvgIpc) is 3.39. The Labute approximate surface area is 205 Å². The first-order valence-electron chi connectivity index (χ1n) is 11.7. The number of rotatable bonds is 9. The maximum Gasteiger partial charge on any atom is 0.234 e. The third-order valence-electron chi connectivity index (χ3n) is 6.08. The van der Waals surface area contributed by atoms with E-state index in [0.29, 0.717) is 19.6 Å². The molecule has 0 aliphatic carbocycles. The molecular formula is C27H32N4O2S. The summed E-state index contributed by atoms with van der Waals surface area (Å²) in [5.74, 6) is 0.0555. The smallest absolute Gasteiger partial charge is 0.234 e. The second-order valence-corrected chi connectivity index (χ2v) is 9.72. The van der Waals surface area contributed by atoms with E-state index in [-0.39, 0.29) is 17.9 Å². The Morgan fingerprint density at radius 3 is 2.12 bits per heavy atom. The minimum absolute atomic E-state index is 0.0213. The fourth-order valence-electron chi connectivity index (χ4n) is 4.10.